The van der Waals surface area contributed by atoms with E-state index in [1.165, 1.54) is 24.3 Å². The first-order valence-electron chi connectivity index (χ1n) is 8.35. The van der Waals surface area contributed by atoms with Crippen molar-refractivity contribution in [2.45, 2.75) is 45.3 Å². The molecule has 0 radical (unpaired) electrons. The molecule has 5 nitrogen and oxygen atoms in total. The van der Waals surface area contributed by atoms with Crippen LogP contribution in [0.2, 0.25) is 0 Å². The van der Waals surface area contributed by atoms with Crippen LogP contribution in [0, 0.1) is 5.92 Å². The molecule has 2 rings (SSSR count). The SMILES string of the molecule is CC1CCC(N(C)C(=O)COC(=O)c2ccccc2OC(F)F)CC1. The number of benzene rings is 1. The summed E-state index contributed by atoms with van der Waals surface area (Å²) in [6, 6.07) is 5.69. The van der Waals surface area contributed by atoms with E-state index in [2.05, 4.69) is 11.7 Å². The number of carbonyl (C=O) groups excluding carboxylic acids is 2. The maximum atomic E-state index is 12.4. The normalized spacial score (nSPS) is 20.2. The van der Waals surface area contributed by atoms with E-state index < -0.39 is 19.2 Å². The summed E-state index contributed by atoms with van der Waals surface area (Å²) in [5.41, 5.74) is -0.134. The first-order valence-corrected chi connectivity index (χ1v) is 8.35. The Balaban J connectivity index is 1.90. The van der Waals surface area contributed by atoms with Crippen LogP contribution in [0.5, 0.6) is 5.75 Å². The van der Waals surface area contributed by atoms with Crippen LogP contribution >= 0.6 is 0 Å². The van der Waals surface area contributed by atoms with Crippen LogP contribution in [0.15, 0.2) is 24.3 Å². The van der Waals surface area contributed by atoms with E-state index in [0.717, 1.165) is 25.7 Å². The van der Waals surface area contributed by atoms with Crippen molar-refractivity contribution < 1.29 is 27.8 Å². The van der Waals surface area contributed by atoms with Crippen molar-refractivity contribution >= 4 is 11.9 Å². The second-order valence-corrected chi connectivity index (χ2v) is 6.37. The first-order chi connectivity index (χ1) is 11.9. The van der Waals surface area contributed by atoms with E-state index >= 15 is 0 Å². The number of ether oxygens (including phenoxy) is 2. The van der Waals surface area contributed by atoms with Crippen molar-refractivity contribution in [3.8, 4) is 5.75 Å². The molecule has 1 amide bonds. The Morgan fingerprint density at radius 1 is 1.20 bits per heavy atom. The number of nitrogens with zero attached hydrogens (tertiary/aromatic N) is 1. The molecule has 0 saturated heterocycles. The summed E-state index contributed by atoms with van der Waals surface area (Å²) in [6.07, 6.45) is 4.01. The molecule has 1 aliphatic rings. The molecule has 138 valence electrons. The maximum absolute atomic E-state index is 12.4. The van der Waals surface area contributed by atoms with Gasteiger partial charge < -0.3 is 14.4 Å². The number of carbonyl (C=O) groups is 2. The molecule has 0 atom stereocenters. The molecule has 1 aromatic carbocycles. The van der Waals surface area contributed by atoms with Gasteiger partial charge in [-0.1, -0.05) is 19.1 Å². The average Bonchev–Trinajstić information content (AvgIpc) is 2.59. The van der Waals surface area contributed by atoms with E-state index in [9.17, 15) is 18.4 Å². The smallest absolute Gasteiger partial charge is 0.387 e. The lowest BCUT2D eigenvalue weighted by Crippen LogP contribution is -2.41. The lowest BCUT2D eigenvalue weighted by Gasteiger charge is -2.33. The third kappa shape index (κ3) is 5.41. The molecule has 0 spiro atoms. The van der Waals surface area contributed by atoms with Crippen molar-refractivity contribution in [3.05, 3.63) is 29.8 Å². The van der Waals surface area contributed by atoms with Gasteiger partial charge in [0.25, 0.3) is 5.91 Å². The Kier molecular flexibility index (Phi) is 6.73. The minimum absolute atomic E-state index is 0.134. The molecule has 0 bridgehead atoms. The zero-order valence-corrected chi connectivity index (χ0v) is 14.4. The van der Waals surface area contributed by atoms with Crippen LogP contribution in [0.1, 0.15) is 43.0 Å². The number of halogens is 2. The number of rotatable bonds is 6. The van der Waals surface area contributed by atoms with Crippen LogP contribution < -0.4 is 4.74 Å². The number of amides is 1. The fraction of sp³-hybridized carbons (Fsp3) is 0.556. The van der Waals surface area contributed by atoms with Crippen molar-refractivity contribution in [1.29, 1.82) is 0 Å². The van der Waals surface area contributed by atoms with Gasteiger partial charge in [-0.15, -0.1) is 0 Å². The minimum atomic E-state index is -3.05. The monoisotopic (exact) mass is 355 g/mol. The standard InChI is InChI=1S/C18H23F2NO4/c1-12-7-9-13(10-8-12)21(2)16(22)11-24-17(23)14-5-3-4-6-15(14)25-18(19)20/h3-6,12-13,18H,7-11H2,1-2H3. The van der Waals surface area contributed by atoms with E-state index in [-0.39, 0.29) is 23.3 Å². The molecule has 0 aliphatic heterocycles. The number of esters is 1. The summed E-state index contributed by atoms with van der Waals surface area (Å²) in [5.74, 6) is -0.774. The van der Waals surface area contributed by atoms with Gasteiger partial charge in [-0.05, 0) is 43.7 Å². The topological polar surface area (TPSA) is 55.8 Å². The van der Waals surface area contributed by atoms with Crippen LogP contribution in [0.4, 0.5) is 8.78 Å². The number of para-hydroxylation sites is 1. The Morgan fingerprint density at radius 2 is 1.84 bits per heavy atom. The molecule has 1 aromatic rings. The number of hydrogen-bond acceptors (Lipinski definition) is 4. The van der Waals surface area contributed by atoms with Crippen LogP contribution in [0.25, 0.3) is 0 Å². The van der Waals surface area contributed by atoms with Gasteiger partial charge in [0.2, 0.25) is 0 Å². The zero-order valence-electron chi connectivity index (χ0n) is 14.4. The Bertz CT molecular complexity index is 600. The number of alkyl halides is 2. The lowest BCUT2D eigenvalue weighted by atomic mass is 9.87. The summed E-state index contributed by atoms with van der Waals surface area (Å²) < 4.78 is 34.1. The van der Waals surface area contributed by atoms with Crippen molar-refractivity contribution in [2.24, 2.45) is 5.92 Å². The second kappa shape index (κ2) is 8.78. The Morgan fingerprint density at radius 3 is 2.48 bits per heavy atom. The van der Waals surface area contributed by atoms with Gasteiger partial charge in [0.15, 0.2) is 6.61 Å². The van der Waals surface area contributed by atoms with E-state index in [1.807, 2.05) is 0 Å². The van der Waals surface area contributed by atoms with E-state index in [4.69, 9.17) is 4.74 Å². The molecule has 1 fully saturated rings. The van der Waals surface area contributed by atoms with Crippen LogP contribution in [-0.4, -0.2) is 43.1 Å². The summed E-state index contributed by atoms with van der Waals surface area (Å²) in [7, 11) is 1.70. The quantitative estimate of drug-likeness (QED) is 0.733. The Labute approximate surface area is 145 Å². The van der Waals surface area contributed by atoms with E-state index in [1.54, 1.807) is 11.9 Å². The molecule has 0 heterocycles. The molecule has 0 N–H and O–H groups in total. The summed E-state index contributed by atoms with van der Waals surface area (Å²) in [6.45, 7) is -1.28. The fourth-order valence-electron chi connectivity index (χ4n) is 2.97. The largest absolute Gasteiger partial charge is 0.452 e. The summed E-state index contributed by atoms with van der Waals surface area (Å²) in [4.78, 5) is 25.9. The van der Waals surface area contributed by atoms with Crippen molar-refractivity contribution in [1.82, 2.24) is 4.90 Å². The van der Waals surface area contributed by atoms with E-state index in [0.29, 0.717) is 5.92 Å². The van der Waals surface area contributed by atoms with Crippen LogP contribution in [0.3, 0.4) is 0 Å². The molecule has 1 aliphatic carbocycles. The van der Waals surface area contributed by atoms with Crippen molar-refractivity contribution in [2.75, 3.05) is 13.7 Å². The molecular weight excluding hydrogens is 332 g/mol. The van der Waals surface area contributed by atoms with Gasteiger partial charge in [-0.25, -0.2) is 4.79 Å². The van der Waals surface area contributed by atoms with Gasteiger partial charge in [0.05, 0.1) is 0 Å². The molecule has 0 unspecified atom stereocenters. The maximum Gasteiger partial charge on any atom is 0.387 e. The van der Waals surface area contributed by atoms with Gasteiger partial charge in [0.1, 0.15) is 11.3 Å². The lowest BCUT2D eigenvalue weighted by molar-refractivity contribution is -0.136. The molecule has 25 heavy (non-hydrogen) atoms. The zero-order chi connectivity index (χ0) is 18.4. The average molecular weight is 355 g/mol. The van der Waals surface area contributed by atoms with Gasteiger partial charge >= 0.3 is 12.6 Å². The highest BCUT2D eigenvalue weighted by Crippen LogP contribution is 2.26. The second-order valence-electron chi connectivity index (χ2n) is 6.37. The predicted octanol–water partition coefficient (Wildman–Crippen LogP) is 3.48. The number of likely N-dealkylation sites (N-methyl/N-ethyl adjacent to an activating group) is 1. The summed E-state index contributed by atoms with van der Waals surface area (Å²) >= 11 is 0. The molecule has 0 aromatic heterocycles. The van der Waals surface area contributed by atoms with Crippen LogP contribution in [-0.2, 0) is 9.53 Å². The van der Waals surface area contributed by atoms with Gasteiger partial charge in [0, 0.05) is 13.1 Å². The predicted molar refractivity (Wildman–Crippen MR) is 87.5 cm³/mol. The fourth-order valence-corrected chi connectivity index (χ4v) is 2.97. The molecule has 1 saturated carbocycles. The highest BCUT2D eigenvalue weighted by Gasteiger charge is 2.26. The molecule has 7 heteroatoms. The minimum Gasteiger partial charge on any atom is -0.452 e. The molecular formula is C18H23F2NO4. The Hall–Kier alpha value is -2.18. The first kappa shape index (κ1) is 19.1. The third-order valence-electron chi connectivity index (χ3n) is 4.58. The van der Waals surface area contributed by atoms with Gasteiger partial charge in [-0.2, -0.15) is 8.78 Å². The highest BCUT2D eigenvalue weighted by molar-refractivity contribution is 5.94. The summed E-state index contributed by atoms with van der Waals surface area (Å²) in [5, 5.41) is 0. The van der Waals surface area contributed by atoms with Gasteiger partial charge in [-0.3, -0.25) is 4.79 Å². The third-order valence-corrected chi connectivity index (χ3v) is 4.58. The number of hydrogen-bond donors (Lipinski definition) is 0. The highest BCUT2D eigenvalue weighted by atomic mass is 19.3. The van der Waals surface area contributed by atoms with Crippen molar-refractivity contribution in [3.63, 3.8) is 0 Å².